The van der Waals surface area contributed by atoms with E-state index in [1.54, 1.807) is 67.8 Å². The minimum absolute atomic E-state index is 0.266. The Hall–Kier alpha value is -4.10. The van der Waals surface area contributed by atoms with Gasteiger partial charge < -0.3 is 29.9 Å². The van der Waals surface area contributed by atoms with Gasteiger partial charge in [-0.1, -0.05) is 6.07 Å². The Bertz CT molecular complexity index is 2140. The zero-order chi connectivity index (χ0) is 36.6. The predicted octanol–water partition coefficient (Wildman–Crippen LogP) is 5.63. The lowest BCUT2D eigenvalue weighted by atomic mass is 9.91. The average molecular weight is 745 g/mol. The molecule has 4 aromatic carbocycles. The summed E-state index contributed by atoms with van der Waals surface area (Å²) in [5, 5.41) is 6.90. The highest BCUT2D eigenvalue weighted by Gasteiger charge is 2.39. The molecular formula is C40H48N4O6S2. The van der Waals surface area contributed by atoms with Crippen LogP contribution in [0, 0.1) is 0 Å². The maximum atomic E-state index is 13.1. The van der Waals surface area contributed by atoms with E-state index in [1.165, 1.54) is 7.11 Å². The summed E-state index contributed by atoms with van der Waals surface area (Å²) in [6.07, 6.45) is 4.23. The van der Waals surface area contributed by atoms with Gasteiger partial charge in [0.25, 0.3) is 0 Å². The summed E-state index contributed by atoms with van der Waals surface area (Å²) >= 11 is 0. The third-order valence-corrected chi connectivity index (χ3v) is 14.8. The summed E-state index contributed by atoms with van der Waals surface area (Å²) in [4.78, 5) is 5.92. The van der Waals surface area contributed by atoms with Crippen molar-refractivity contribution in [2.75, 3.05) is 64.3 Å². The second-order valence-electron chi connectivity index (χ2n) is 14.0. The molecule has 4 heterocycles. The molecule has 0 spiro atoms. The Morgan fingerprint density at radius 1 is 0.538 bits per heavy atom. The van der Waals surface area contributed by atoms with Gasteiger partial charge in [0.15, 0.2) is 0 Å². The van der Waals surface area contributed by atoms with Gasteiger partial charge in [-0.2, -0.15) is 0 Å². The standard InChI is InChI=1S/2C20H24N2O3S/c1-22-19-8-7-16(13-18(19)17-9-11-21-12-10-20(17)22)26(23,24)15-5-3-14(25-2)4-6-15;1-22-19-7-6-16(13-18(19)17-8-10-21-11-9-20(17)22)26(23,24)15-5-3-4-14(12-15)25-2/h3-8,13,17,20-21H,9-12H2,1-2H3;3-7,12-13,17,20-21H,8-11H2,1-2H3/t2*17-,20+/m00/s1. The van der Waals surface area contributed by atoms with Crippen LogP contribution in [-0.4, -0.2) is 83.4 Å². The van der Waals surface area contributed by atoms with E-state index in [2.05, 4.69) is 34.5 Å². The molecule has 4 aromatic rings. The fourth-order valence-electron chi connectivity index (χ4n) is 8.49. The monoisotopic (exact) mass is 744 g/mol. The van der Waals surface area contributed by atoms with E-state index < -0.39 is 19.7 Å². The normalized spacial score (nSPS) is 22.5. The SMILES string of the molecule is COc1ccc(S(=O)(=O)c2ccc3c(c2)[C@@H]2CCNCC[C@H]2N3C)cc1.COc1cccc(S(=O)(=O)c2ccc3c(c2)[C@@H]2CCNCC[C@H]2N3C)c1. The first-order valence-corrected chi connectivity index (χ1v) is 20.9. The summed E-state index contributed by atoms with van der Waals surface area (Å²) in [5.41, 5.74) is 4.64. The molecule has 4 aliphatic heterocycles. The first-order valence-electron chi connectivity index (χ1n) is 18.0. The zero-order valence-electron chi connectivity index (χ0n) is 30.2. The van der Waals surface area contributed by atoms with Gasteiger partial charge in [-0.25, -0.2) is 16.8 Å². The van der Waals surface area contributed by atoms with Gasteiger partial charge in [-0.05, 0) is 142 Å². The summed E-state index contributed by atoms with van der Waals surface area (Å²) in [6, 6.07) is 25.3. The molecule has 276 valence electrons. The lowest BCUT2D eigenvalue weighted by Gasteiger charge is -2.24. The van der Waals surface area contributed by atoms with Crippen LogP contribution >= 0.6 is 0 Å². The van der Waals surface area contributed by atoms with Gasteiger partial charge in [0.05, 0.1) is 33.8 Å². The summed E-state index contributed by atoms with van der Waals surface area (Å²) in [5.74, 6) is 1.96. The predicted molar refractivity (Wildman–Crippen MR) is 204 cm³/mol. The topological polar surface area (TPSA) is 117 Å². The Balaban J connectivity index is 0.000000162. The minimum atomic E-state index is -3.57. The van der Waals surface area contributed by atoms with E-state index in [-0.39, 0.29) is 4.90 Å². The molecule has 2 saturated heterocycles. The highest BCUT2D eigenvalue weighted by atomic mass is 32.2. The van der Waals surface area contributed by atoms with Crippen LogP contribution in [0.1, 0.15) is 48.6 Å². The zero-order valence-corrected chi connectivity index (χ0v) is 31.8. The molecule has 2 fully saturated rings. The summed E-state index contributed by atoms with van der Waals surface area (Å²) < 4.78 is 62.7. The van der Waals surface area contributed by atoms with Crippen LogP contribution in [0.5, 0.6) is 11.5 Å². The number of nitrogens with zero attached hydrogens (tertiary/aromatic N) is 2. The number of anilines is 2. The summed E-state index contributed by atoms with van der Waals surface area (Å²) in [7, 11) is 0.229. The smallest absolute Gasteiger partial charge is 0.206 e. The number of rotatable bonds is 6. The van der Waals surface area contributed by atoms with Gasteiger partial charge in [0, 0.05) is 49.4 Å². The third-order valence-electron chi connectivity index (χ3n) is 11.3. The second-order valence-corrected chi connectivity index (χ2v) is 17.9. The number of fused-ring (bicyclic) bond motifs is 6. The van der Waals surface area contributed by atoms with Crippen molar-refractivity contribution in [3.05, 3.63) is 96.1 Å². The largest absolute Gasteiger partial charge is 0.497 e. The molecule has 8 rings (SSSR count). The highest BCUT2D eigenvalue weighted by molar-refractivity contribution is 7.91. The molecule has 0 saturated carbocycles. The van der Waals surface area contributed by atoms with E-state index >= 15 is 0 Å². The molecule has 0 amide bonds. The van der Waals surface area contributed by atoms with Crippen LogP contribution in [0.2, 0.25) is 0 Å². The van der Waals surface area contributed by atoms with Gasteiger partial charge in [0.2, 0.25) is 19.7 Å². The first kappa shape index (κ1) is 36.3. The minimum Gasteiger partial charge on any atom is -0.497 e. The molecule has 12 heteroatoms. The van der Waals surface area contributed by atoms with E-state index in [4.69, 9.17) is 9.47 Å². The third kappa shape index (κ3) is 6.66. The van der Waals surface area contributed by atoms with Crippen molar-refractivity contribution in [2.45, 2.75) is 69.2 Å². The number of methoxy groups -OCH3 is 2. The van der Waals surface area contributed by atoms with E-state index in [9.17, 15) is 16.8 Å². The number of hydrogen-bond donors (Lipinski definition) is 2. The highest BCUT2D eigenvalue weighted by Crippen LogP contribution is 2.46. The van der Waals surface area contributed by atoms with Crippen LogP contribution in [0.15, 0.2) is 105 Å². The number of ether oxygens (including phenoxy) is 2. The van der Waals surface area contributed by atoms with E-state index in [0.717, 1.165) is 74.4 Å². The van der Waals surface area contributed by atoms with Crippen LogP contribution in [-0.2, 0) is 19.7 Å². The van der Waals surface area contributed by atoms with Crippen molar-refractivity contribution in [2.24, 2.45) is 0 Å². The van der Waals surface area contributed by atoms with Crippen LogP contribution in [0.4, 0.5) is 11.4 Å². The molecule has 0 aromatic heterocycles. The van der Waals surface area contributed by atoms with Crippen molar-refractivity contribution < 1.29 is 26.3 Å². The number of benzene rings is 4. The fraction of sp³-hybridized carbons (Fsp3) is 0.400. The number of likely N-dealkylation sites (N-methyl/N-ethyl adjacent to an activating group) is 2. The molecule has 10 nitrogen and oxygen atoms in total. The molecular weight excluding hydrogens is 697 g/mol. The van der Waals surface area contributed by atoms with Crippen LogP contribution < -0.4 is 29.9 Å². The van der Waals surface area contributed by atoms with Crippen molar-refractivity contribution >= 4 is 31.0 Å². The van der Waals surface area contributed by atoms with Gasteiger partial charge in [-0.3, -0.25) is 0 Å². The molecule has 0 radical (unpaired) electrons. The average Bonchev–Trinajstić information content (AvgIpc) is 3.37. The molecule has 0 aliphatic carbocycles. The van der Waals surface area contributed by atoms with Gasteiger partial charge in [0.1, 0.15) is 11.5 Å². The van der Waals surface area contributed by atoms with E-state index in [0.29, 0.717) is 50.1 Å². The molecule has 0 unspecified atom stereocenters. The number of nitrogens with one attached hydrogen (secondary N) is 2. The number of sulfone groups is 2. The molecule has 2 N–H and O–H groups in total. The second kappa shape index (κ2) is 14.7. The fourth-order valence-corrected chi connectivity index (χ4v) is 11.1. The van der Waals surface area contributed by atoms with Gasteiger partial charge in [-0.15, -0.1) is 0 Å². The van der Waals surface area contributed by atoms with Crippen molar-refractivity contribution in [3.63, 3.8) is 0 Å². The van der Waals surface area contributed by atoms with Crippen molar-refractivity contribution in [1.29, 1.82) is 0 Å². The lowest BCUT2D eigenvalue weighted by Crippen LogP contribution is -2.30. The molecule has 4 aliphatic rings. The molecule has 4 atom stereocenters. The number of hydrogen-bond acceptors (Lipinski definition) is 10. The van der Waals surface area contributed by atoms with Crippen molar-refractivity contribution in [1.82, 2.24) is 10.6 Å². The lowest BCUT2D eigenvalue weighted by molar-refractivity contribution is 0.413. The molecule has 52 heavy (non-hydrogen) atoms. The quantitative estimate of drug-likeness (QED) is 0.258. The van der Waals surface area contributed by atoms with Crippen molar-refractivity contribution in [3.8, 4) is 11.5 Å². The maximum Gasteiger partial charge on any atom is 0.206 e. The first-order chi connectivity index (χ1) is 25.0. The van der Waals surface area contributed by atoms with Crippen LogP contribution in [0.25, 0.3) is 0 Å². The van der Waals surface area contributed by atoms with Crippen LogP contribution in [0.3, 0.4) is 0 Å². The Labute approximate surface area is 308 Å². The Kier molecular flexibility index (Phi) is 10.3. The maximum absolute atomic E-state index is 13.1. The Morgan fingerprint density at radius 3 is 1.48 bits per heavy atom. The Morgan fingerprint density at radius 2 is 0.981 bits per heavy atom. The van der Waals surface area contributed by atoms with E-state index in [1.807, 2.05) is 24.3 Å². The van der Waals surface area contributed by atoms with Gasteiger partial charge >= 0.3 is 0 Å². The molecule has 0 bridgehead atoms. The summed E-state index contributed by atoms with van der Waals surface area (Å²) in [6.45, 7) is 3.97.